The van der Waals surface area contributed by atoms with Crippen LogP contribution in [0.2, 0.25) is 0 Å². The van der Waals surface area contributed by atoms with Gasteiger partial charge >= 0.3 is 0 Å². The number of benzene rings is 1. The van der Waals surface area contributed by atoms with Gasteiger partial charge in [-0.05, 0) is 42.9 Å². The maximum atomic E-state index is 12.9. The van der Waals surface area contributed by atoms with E-state index in [-0.39, 0.29) is 23.3 Å². The van der Waals surface area contributed by atoms with E-state index in [1.807, 2.05) is 31.2 Å². The van der Waals surface area contributed by atoms with Crippen molar-refractivity contribution in [3.63, 3.8) is 0 Å². The fraction of sp³-hybridized carbons (Fsp3) is 0.409. The minimum Gasteiger partial charge on any atom is -0.496 e. The van der Waals surface area contributed by atoms with Crippen LogP contribution in [0.3, 0.4) is 0 Å². The Morgan fingerprint density at radius 2 is 2.09 bits per heavy atom. The second-order valence-corrected chi connectivity index (χ2v) is 11.2. The summed E-state index contributed by atoms with van der Waals surface area (Å²) in [6.45, 7) is 2.91. The first kappa shape index (κ1) is 22.5. The lowest BCUT2D eigenvalue weighted by atomic mass is 10.1. The number of para-hydroxylation sites is 1. The Morgan fingerprint density at radius 1 is 1.28 bits per heavy atom. The van der Waals surface area contributed by atoms with Crippen molar-refractivity contribution < 1.29 is 17.9 Å². The summed E-state index contributed by atoms with van der Waals surface area (Å²) >= 11 is 1.33. The maximum absolute atomic E-state index is 12.9. The lowest BCUT2D eigenvalue weighted by molar-refractivity contribution is 0.0957. The van der Waals surface area contributed by atoms with E-state index in [9.17, 15) is 13.2 Å². The number of nitrogens with one attached hydrogen (secondary N) is 2. The number of ether oxygens (including phenoxy) is 1. The number of hydrogen-bond acceptors (Lipinski definition) is 8. The molecule has 1 aliphatic heterocycles. The third-order valence-corrected chi connectivity index (χ3v) is 8.73. The normalized spacial score (nSPS) is 17.4. The van der Waals surface area contributed by atoms with E-state index in [0.717, 1.165) is 27.1 Å². The highest BCUT2D eigenvalue weighted by Crippen LogP contribution is 2.33. The van der Waals surface area contributed by atoms with E-state index in [1.54, 1.807) is 7.11 Å². The molecule has 3 heterocycles. The van der Waals surface area contributed by atoms with E-state index in [2.05, 4.69) is 20.6 Å². The molecule has 0 spiro atoms. The average Bonchev–Trinajstić information content (AvgIpc) is 3.31. The van der Waals surface area contributed by atoms with Crippen LogP contribution >= 0.6 is 11.3 Å². The molecular formula is C22H26N4O4S2. The number of rotatable bonds is 8. The number of thiophene rings is 1. The van der Waals surface area contributed by atoms with Crippen molar-refractivity contribution in [2.45, 2.75) is 19.8 Å². The second kappa shape index (κ2) is 9.41. The third-order valence-electron chi connectivity index (χ3n) is 5.69. The van der Waals surface area contributed by atoms with Crippen LogP contribution in [0, 0.1) is 12.8 Å². The number of methoxy groups -OCH3 is 1. The highest BCUT2D eigenvalue weighted by Gasteiger charge is 2.28. The van der Waals surface area contributed by atoms with Crippen molar-refractivity contribution >= 4 is 43.1 Å². The molecule has 3 aromatic rings. The molecule has 0 bridgehead atoms. The van der Waals surface area contributed by atoms with E-state index >= 15 is 0 Å². The van der Waals surface area contributed by atoms with Crippen molar-refractivity contribution in [1.29, 1.82) is 0 Å². The number of anilines is 1. The highest BCUT2D eigenvalue weighted by atomic mass is 32.2. The number of carbonyl (C=O) groups excluding carboxylic acids is 1. The smallest absolute Gasteiger partial charge is 0.261 e. The zero-order chi connectivity index (χ0) is 22.7. The Hall–Kier alpha value is -2.72. The number of amides is 1. The zero-order valence-electron chi connectivity index (χ0n) is 18.1. The molecule has 1 fully saturated rings. The quantitative estimate of drug-likeness (QED) is 0.516. The van der Waals surface area contributed by atoms with E-state index < -0.39 is 9.84 Å². The van der Waals surface area contributed by atoms with Crippen LogP contribution in [0.1, 0.15) is 27.2 Å². The summed E-state index contributed by atoms with van der Waals surface area (Å²) in [5, 5.41) is 7.08. The van der Waals surface area contributed by atoms with E-state index in [1.165, 1.54) is 17.7 Å². The van der Waals surface area contributed by atoms with Crippen molar-refractivity contribution in [3.8, 4) is 5.75 Å². The van der Waals surface area contributed by atoms with Gasteiger partial charge in [0.15, 0.2) is 9.84 Å². The minimum absolute atomic E-state index is 0.0710. The largest absolute Gasteiger partial charge is 0.496 e. The first-order chi connectivity index (χ1) is 15.4. The van der Waals surface area contributed by atoms with Crippen LogP contribution in [0.15, 0.2) is 30.6 Å². The van der Waals surface area contributed by atoms with Gasteiger partial charge in [-0.3, -0.25) is 4.79 Å². The van der Waals surface area contributed by atoms with Crippen molar-refractivity contribution in [1.82, 2.24) is 15.3 Å². The lowest BCUT2D eigenvalue weighted by Crippen LogP contribution is -2.25. The fourth-order valence-electron chi connectivity index (χ4n) is 4.00. The molecule has 0 aliphatic carbocycles. The molecular weight excluding hydrogens is 448 g/mol. The number of aryl methyl sites for hydroxylation is 1. The Balaban J connectivity index is 1.44. The summed E-state index contributed by atoms with van der Waals surface area (Å²) in [6.07, 6.45) is 2.79. The lowest BCUT2D eigenvalue weighted by Gasteiger charge is -2.11. The number of aromatic nitrogens is 2. The number of carbonyl (C=O) groups is 1. The van der Waals surface area contributed by atoms with Crippen LogP contribution < -0.4 is 15.4 Å². The first-order valence-electron chi connectivity index (χ1n) is 10.5. The van der Waals surface area contributed by atoms with Crippen molar-refractivity contribution in [2.24, 2.45) is 5.92 Å². The summed E-state index contributed by atoms with van der Waals surface area (Å²) in [5.74, 6) is 1.82. The average molecular weight is 475 g/mol. The summed E-state index contributed by atoms with van der Waals surface area (Å²) in [4.78, 5) is 22.9. The molecule has 1 amide bonds. The predicted molar refractivity (Wildman–Crippen MR) is 126 cm³/mol. The molecule has 170 valence electrons. The van der Waals surface area contributed by atoms with E-state index in [4.69, 9.17) is 4.74 Å². The Bertz CT molecular complexity index is 1240. The van der Waals surface area contributed by atoms with Gasteiger partial charge in [0, 0.05) is 13.1 Å². The molecule has 1 saturated heterocycles. The molecule has 10 heteroatoms. The molecule has 32 heavy (non-hydrogen) atoms. The highest BCUT2D eigenvalue weighted by molar-refractivity contribution is 7.91. The Morgan fingerprint density at radius 3 is 2.84 bits per heavy atom. The van der Waals surface area contributed by atoms with Crippen LogP contribution in [0.25, 0.3) is 10.2 Å². The van der Waals surface area contributed by atoms with Gasteiger partial charge < -0.3 is 15.4 Å². The van der Waals surface area contributed by atoms with Gasteiger partial charge in [0.25, 0.3) is 5.91 Å². The van der Waals surface area contributed by atoms with Crippen LogP contribution in [-0.4, -0.2) is 56.0 Å². The molecule has 2 N–H and O–H groups in total. The standard InChI is InChI=1S/C22H26N4O4S2/c1-14-18-20(24-11-15-8-10-32(28,29)12-15)25-13-26-22(18)31-19(14)21(27)23-9-7-16-5-3-4-6-17(16)30-2/h3-6,13,15H,7-12H2,1-2H3,(H,23,27)(H,24,25,26). The fourth-order valence-corrected chi connectivity index (χ4v) is 6.92. The maximum Gasteiger partial charge on any atom is 0.261 e. The summed E-state index contributed by atoms with van der Waals surface area (Å²) in [5.41, 5.74) is 1.86. The minimum atomic E-state index is -2.92. The number of nitrogens with zero attached hydrogens (tertiary/aromatic N) is 2. The van der Waals surface area contributed by atoms with Gasteiger partial charge in [0.05, 0.1) is 28.9 Å². The van der Waals surface area contributed by atoms with Crippen LogP contribution in [0.4, 0.5) is 5.82 Å². The van der Waals surface area contributed by atoms with Crippen molar-refractivity contribution in [2.75, 3.05) is 37.0 Å². The Kier molecular flexibility index (Phi) is 6.61. The molecule has 1 aliphatic rings. The van der Waals surface area contributed by atoms with Crippen LogP contribution in [-0.2, 0) is 16.3 Å². The topological polar surface area (TPSA) is 110 Å². The summed E-state index contributed by atoms with van der Waals surface area (Å²) in [6, 6.07) is 7.75. The Labute approximate surface area is 191 Å². The SMILES string of the molecule is COc1ccccc1CCNC(=O)c1sc2ncnc(NCC3CCS(=O)(=O)C3)c2c1C. The number of sulfone groups is 1. The van der Waals surface area contributed by atoms with Gasteiger partial charge in [0.1, 0.15) is 22.7 Å². The molecule has 0 radical (unpaired) electrons. The first-order valence-corrected chi connectivity index (χ1v) is 13.1. The molecule has 4 rings (SSSR count). The van der Waals surface area contributed by atoms with Gasteiger partial charge in [-0.1, -0.05) is 18.2 Å². The number of hydrogen-bond donors (Lipinski definition) is 2. The number of fused-ring (bicyclic) bond motifs is 1. The predicted octanol–water partition coefficient (Wildman–Crippen LogP) is 2.83. The van der Waals surface area contributed by atoms with Gasteiger partial charge in [-0.15, -0.1) is 11.3 Å². The third kappa shape index (κ3) is 4.86. The molecule has 2 aromatic heterocycles. The van der Waals surface area contributed by atoms with Gasteiger partial charge in [-0.2, -0.15) is 0 Å². The summed E-state index contributed by atoms with van der Waals surface area (Å²) < 4.78 is 28.8. The van der Waals surface area contributed by atoms with Gasteiger partial charge in [-0.25, -0.2) is 18.4 Å². The molecule has 0 saturated carbocycles. The van der Waals surface area contributed by atoms with E-state index in [0.29, 0.717) is 36.6 Å². The molecule has 1 unspecified atom stereocenters. The second-order valence-electron chi connectivity index (χ2n) is 7.93. The zero-order valence-corrected chi connectivity index (χ0v) is 19.7. The molecule has 1 atom stereocenters. The van der Waals surface area contributed by atoms with Gasteiger partial charge in [0.2, 0.25) is 0 Å². The molecule has 1 aromatic carbocycles. The summed E-state index contributed by atoms with van der Waals surface area (Å²) in [7, 11) is -1.29. The van der Waals surface area contributed by atoms with Crippen LogP contribution in [0.5, 0.6) is 5.75 Å². The molecule has 8 nitrogen and oxygen atoms in total. The monoisotopic (exact) mass is 474 g/mol. The van der Waals surface area contributed by atoms with Crippen molar-refractivity contribution in [3.05, 3.63) is 46.6 Å².